The van der Waals surface area contributed by atoms with Crippen molar-refractivity contribution in [3.63, 3.8) is 0 Å². The number of hydrogen-bond acceptors (Lipinski definition) is 2. The van der Waals surface area contributed by atoms with Gasteiger partial charge in [0.25, 0.3) is 0 Å². The van der Waals surface area contributed by atoms with E-state index in [4.69, 9.17) is 27.1 Å². The molecule has 4 nitrogen and oxygen atoms in total. The molecule has 0 spiro atoms. The summed E-state index contributed by atoms with van der Waals surface area (Å²) in [6.07, 6.45) is -0.271. The maximum atomic E-state index is 10.9. The highest BCUT2D eigenvalue weighted by Gasteiger charge is 2.23. The van der Waals surface area contributed by atoms with E-state index in [0.717, 1.165) is 0 Å². The number of hydrogen-bond donors (Lipinski definition) is 3. The summed E-state index contributed by atoms with van der Waals surface area (Å²) in [5.74, 6) is -0.403. The first-order valence-corrected chi connectivity index (χ1v) is 6.60. The van der Waals surface area contributed by atoms with Crippen molar-refractivity contribution >= 4 is 19.2 Å². The van der Waals surface area contributed by atoms with Gasteiger partial charge in [-0.1, -0.05) is 29.8 Å². The molecule has 6 heteroatoms. The van der Waals surface area contributed by atoms with Crippen molar-refractivity contribution in [1.82, 2.24) is 0 Å². The predicted molar refractivity (Wildman–Crippen MR) is 60.2 cm³/mol. The molecule has 0 radical (unpaired) electrons. The van der Waals surface area contributed by atoms with Gasteiger partial charge in [-0.05, 0) is 18.2 Å². The highest BCUT2D eigenvalue weighted by atomic mass is 35.5. The Morgan fingerprint density at radius 3 is 2.47 bits per heavy atom. The molecule has 0 aliphatic rings. The molecule has 4 N–H and O–H groups in total. The van der Waals surface area contributed by atoms with Gasteiger partial charge in [-0.3, -0.25) is 4.57 Å². The number of halogens is 1. The van der Waals surface area contributed by atoms with E-state index in [-0.39, 0.29) is 12.7 Å². The second-order valence-corrected chi connectivity index (χ2v) is 5.40. The Morgan fingerprint density at radius 2 is 2.00 bits per heavy atom. The van der Waals surface area contributed by atoms with Gasteiger partial charge in [0.15, 0.2) is 0 Å². The predicted octanol–water partition coefficient (Wildman–Crippen LogP) is 1.56. The van der Waals surface area contributed by atoms with Crippen LogP contribution in [0.2, 0.25) is 5.02 Å². The normalized spacial score (nSPS) is 13.9. The van der Waals surface area contributed by atoms with E-state index >= 15 is 0 Å². The third-order valence-electron chi connectivity index (χ3n) is 2.09. The fourth-order valence-corrected chi connectivity index (χ4v) is 2.60. The quantitative estimate of drug-likeness (QED) is 0.707. The number of benzene rings is 1. The summed E-state index contributed by atoms with van der Waals surface area (Å²) in [6, 6.07) is 6.94. The van der Waals surface area contributed by atoms with Gasteiger partial charge in [-0.25, -0.2) is 0 Å². The van der Waals surface area contributed by atoms with Crippen molar-refractivity contribution in [2.75, 3.05) is 12.7 Å². The molecule has 15 heavy (non-hydrogen) atoms. The molecule has 0 aliphatic carbocycles. The second kappa shape index (κ2) is 5.10. The minimum Gasteiger partial charge on any atom is -0.330 e. The SMILES string of the molecule is NCC(CP(=O)(O)O)c1ccccc1Cl. The van der Waals surface area contributed by atoms with E-state index in [0.29, 0.717) is 10.6 Å². The summed E-state index contributed by atoms with van der Waals surface area (Å²) in [4.78, 5) is 17.8. The summed E-state index contributed by atoms with van der Waals surface area (Å²) in [7, 11) is -4.06. The minimum atomic E-state index is -4.06. The molecular formula is C9H13ClNO3P. The molecule has 0 heterocycles. The van der Waals surface area contributed by atoms with Crippen molar-refractivity contribution in [3.8, 4) is 0 Å². The molecule has 1 atom stereocenters. The van der Waals surface area contributed by atoms with Crippen LogP contribution in [-0.2, 0) is 4.57 Å². The zero-order valence-corrected chi connectivity index (χ0v) is 9.66. The van der Waals surface area contributed by atoms with Crippen molar-refractivity contribution in [2.24, 2.45) is 5.73 Å². The van der Waals surface area contributed by atoms with Crippen LogP contribution in [0.3, 0.4) is 0 Å². The Labute approximate surface area is 93.2 Å². The molecule has 84 valence electrons. The minimum absolute atomic E-state index is 0.162. The molecule has 0 bridgehead atoms. The molecular weight excluding hydrogens is 237 g/mol. The van der Waals surface area contributed by atoms with Gasteiger partial charge in [0.1, 0.15) is 0 Å². The van der Waals surface area contributed by atoms with Crippen LogP contribution in [0.1, 0.15) is 11.5 Å². The topological polar surface area (TPSA) is 83.6 Å². The van der Waals surface area contributed by atoms with Gasteiger partial charge in [-0.2, -0.15) is 0 Å². The zero-order chi connectivity index (χ0) is 11.5. The van der Waals surface area contributed by atoms with E-state index in [1.54, 1.807) is 24.3 Å². The molecule has 0 saturated heterocycles. The molecule has 1 unspecified atom stereocenters. The van der Waals surface area contributed by atoms with Gasteiger partial charge in [0, 0.05) is 10.9 Å². The summed E-state index contributed by atoms with van der Waals surface area (Å²) in [5, 5.41) is 0.487. The Morgan fingerprint density at radius 1 is 1.40 bits per heavy atom. The van der Waals surface area contributed by atoms with Crippen LogP contribution in [0.15, 0.2) is 24.3 Å². The Bertz CT molecular complexity index is 379. The monoisotopic (exact) mass is 249 g/mol. The lowest BCUT2D eigenvalue weighted by Crippen LogP contribution is -2.16. The molecule has 0 amide bonds. The highest BCUT2D eigenvalue weighted by molar-refractivity contribution is 7.51. The van der Waals surface area contributed by atoms with Crippen LogP contribution >= 0.6 is 19.2 Å². The van der Waals surface area contributed by atoms with Crippen LogP contribution in [0, 0.1) is 0 Å². The summed E-state index contributed by atoms with van der Waals surface area (Å²) >= 11 is 5.92. The average molecular weight is 250 g/mol. The maximum Gasteiger partial charge on any atom is 0.326 e. The smallest absolute Gasteiger partial charge is 0.326 e. The first-order chi connectivity index (χ1) is 6.94. The lowest BCUT2D eigenvalue weighted by Gasteiger charge is -2.17. The molecule has 1 aromatic rings. The van der Waals surface area contributed by atoms with E-state index in [1.807, 2.05) is 0 Å². The maximum absolute atomic E-state index is 10.9. The van der Waals surface area contributed by atoms with Crippen LogP contribution in [0.5, 0.6) is 0 Å². The summed E-state index contributed by atoms with van der Waals surface area (Å²) in [5.41, 5.74) is 6.16. The third kappa shape index (κ3) is 3.93. The van der Waals surface area contributed by atoms with Gasteiger partial charge >= 0.3 is 7.60 Å². The molecule has 1 rings (SSSR count). The fraction of sp³-hybridized carbons (Fsp3) is 0.333. The second-order valence-electron chi connectivity index (χ2n) is 3.30. The van der Waals surface area contributed by atoms with Crippen molar-refractivity contribution < 1.29 is 14.4 Å². The standard InChI is InChI=1S/C9H13ClNO3P/c10-9-4-2-1-3-8(9)7(5-11)6-15(12,13)14/h1-4,7H,5-6,11H2,(H2,12,13,14). The first-order valence-electron chi connectivity index (χ1n) is 4.43. The molecule has 0 aliphatic heterocycles. The molecule has 0 fully saturated rings. The largest absolute Gasteiger partial charge is 0.330 e. The first kappa shape index (κ1) is 12.7. The van der Waals surface area contributed by atoms with Crippen LogP contribution in [0.4, 0.5) is 0 Å². The molecule has 1 aromatic carbocycles. The fourth-order valence-electron chi connectivity index (χ4n) is 1.39. The van der Waals surface area contributed by atoms with E-state index in [2.05, 4.69) is 0 Å². The highest BCUT2D eigenvalue weighted by Crippen LogP contribution is 2.40. The number of rotatable bonds is 4. The van der Waals surface area contributed by atoms with Crippen molar-refractivity contribution in [3.05, 3.63) is 34.9 Å². The number of nitrogens with two attached hydrogens (primary N) is 1. The van der Waals surface area contributed by atoms with Gasteiger partial charge in [0.05, 0.1) is 6.16 Å². The van der Waals surface area contributed by atoms with E-state index < -0.39 is 13.5 Å². The van der Waals surface area contributed by atoms with Crippen LogP contribution in [0.25, 0.3) is 0 Å². The van der Waals surface area contributed by atoms with Gasteiger partial charge < -0.3 is 15.5 Å². The molecule has 0 saturated carbocycles. The summed E-state index contributed by atoms with van der Waals surface area (Å²) < 4.78 is 10.9. The van der Waals surface area contributed by atoms with Crippen molar-refractivity contribution in [2.45, 2.75) is 5.92 Å². The lowest BCUT2D eigenvalue weighted by atomic mass is 10.0. The van der Waals surface area contributed by atoms with E-state index in [9.17, 15) is 4.57 Å². The molecule has 0 aromatic heterocycles. The van der Waals surface area contributed by atoms with Gasteiger partial charge in [-0.15, -0.1) is 0 Å². The Kier molecular flexibility index (Phi) is 4.32. The van der Waals surface area contributed by atoms with Crippen LogP contribution < -0.4 is 5.73 Å². The Balaban J connectivity index is 2.93. The van der Waals surface area contributed by atoms with Gasteiger partial charge in [0.2, 0.25) is 0 Å². The summed E-state index contributed by atoms with van der Waals surface area (Å²) in [6.45, 7) is 0.162. The van der Waals surface area contributed by atoms with E-state index in [1.165, 1.54) is 0 Å². The zero-order valence-electron chi connectivity index (χ0n) is 8.01. The third-order valence-corrected chi connectivity index (χ3v) is 3.35. The Hall–Kier alpha value is -0.380. The lowest BCUT2D eigenvalue weighted by molar-refractivity contribution is 0.369. The van der Waals surface area contributed by atoms with Crippen LogP contribution in [-0.4, -0.2) is 22.5 Å². The van der Waals surface area contributed by atoms with Crippen molar-refractivity contribution in [1.29, 1.82) is 0 Å². The average Bonchev–Trinajstić information content (AvgIpc) is 2.14.